The van der Waals surface area contributed by atoms with Gasteiger partial charge in [0.25, 0.3) is 5.91 Å². The van der Waals surface area contributed by atoms with Crippen molar-refractivity contribution in [3.05, 3.63) is 71.8 Å². The topological polar surface area (TPSA) is 41.9 Å². The molecule has 1 saturated heterocycles. The Hall–Kier alpha value is -2.11. The summed E-state index contributed by atoms with van der Waals surface area (Å²) in [5, 5.41) is 1.80. The average Bonchev–Trinajstić information content (AvgIpc) is 2.87. The fraction of sp³-hybridized carbons (Fsp3) is 0.222. The predicted octanol–water partition coefficient (Wildman–Crippen LogP) is 3.64. The Balaban J connectivity index is 1.69. The Kier molecular flexibility index (Phi) is 5.10. The Morgan fingerprint density at radius 2 is 1.65 bits per heavy atom. The van der Waals surface area contributed by atoms with Crippen molar-refractivity contribution < 1.29 is 9.63 Å². The van der Waals surface area contributed by atoms with E-state index in [1.54, 1.807) is 0 Å². The van der Waals surface area contributed by atoms with Gasteiger partial charge in [0, 0.05) is 0 Å². The van der Waals surface area contributed by atoms with E-state index in [4.69, 9.17) is 4.84 Å². The summed E-state index contributed by atoms with van der Waals surface area (Å²) in [7, 11) is 0. The third-order valence-corrected chi connectivity index (χ3v) is 4.51. The summed E-state index contributed by atoms with van der Waals surface area (Å²) in [6.45, 7) is 2.76. The summed E-state index contributed by atoms with van der Waals surface area (Å²) in [4.78, 5) is 22.5. The molecule has 4 nitrogen and oxygen atoms in total. The maximum atomic E-state index is 12.2. The number of carbonyl (C=O) groups excluding carboxylic acids is 1. The molecule has 1 amide bonds. The van der Waals surface area contributed by atoms with E-state index in [0.29, 0.717) is 18.3 Å². The van der Waals surface area contributed by atoms with E-state index in [1.807, 2.05) is 67.6 Å². The smallest absolute Gasteiger partial charge is 0.266 e. The summed E-state index contributed by atoms with van der Waals surface area (Å²) in [5.74, 6) is -0.0576. The van der Waals surface area contributed by atoms with E-state index >= 15 is 0 Å². The number of carbonyl (C=O) groups is 1. The Bertz CT molecular complexity index is 689. The first-order valence-corrected chi connectivity index (χ1v) is 8.38. The zero-order valence-corrected chi connectivity index (χ0v) is 13.7. The second kappa shape index (κ2) is 7.44. The molecule has 23 heavy (non-hydrogen) atoms. The molecule has 5 heteroatoms. The molecule has 3 rings (SSSR count). The molecular weight excluding hydrogens is 308 g/mol. The van der Waals surface area contributed by atoms with Gasteiger partial charge in [-0.25, -0.2) is 0 Å². The molecule has 1 heterocycles. The molecule has 0 aliphatic carbocycles. The minimum atomic E-state index is -0.166. The second-order valence-electron chi connectivity index (χ2n) is 5.24. The summed E-state index contributed by atoms with van der Waals surface area (Å²) >= 11 is 1.44. The fourth-order valence-corrected chi connectivity index (χ4v) is 3.08. The molecule has 2 aromatic carbocycles. The van der Waals surface area contributed by atoms with Crippen LogP contribution >= 0.6 is 11.8 Å². The lowest BCUT2D eigenvalue weighted by atomic mass is 10.2. The number of amides is 1. The quantitative estimate of drug-likeness (QED) is 0.842. The zero-order valence-electron chi connectivity index (χ0n) is 12.9. The van der Waals surface area contributed by atoms with Crippen LogP contribution in [0.1, 0.15) is 18.1 Å². The van der Waals surface area contributed by atoms with Crippen LogP contribution in [-0.2, 0) is 22.8 Å². The molecule has 1 fully saturated rings. The van der Waals surface area contributed by atoms with Crippen molar-refractivity contribution >= 4 is 22.8 Å². The van der Waals surface area contributed by atoms with Crippen LogP contribution in [0.2, 0.25) is 0 Å². The van der Waals surface area contributed by atoms with Crippen molar-refractivity contribution in [3.8, 4) is 0 Å². The number of benzene rings is 2. The number of aliphatic imine (C=N–C) groups is 1. The molecule has 1 atom stereocenters. The van der Waals surface area contributed by atoms with Gasteiger partial charge < -0.3 is 0 Å². The van der Waals surface area contributed by atoms with Gasteiger partial charge in [0.15, 0.2) is 5.17 Å². The van der Waals surface area contributed by atoms with E-state index in [-0.39, 0.29) is 11.2 Å². The van der Waals surface area contributed by atoms with Gasteiger partial charge in [0.05, 0.1) is 11.8 Å². The van der Waals surface area contributed by atoms with Crippen LogP contribution in [0.5, 0.6) is 0 Å². The number of hydroxylamine groups is 2. The van der Waals surface area contributed by atoms with E-state index in [0.717, 1.165) is 11.1 Å². The van der Waals surface area contributed by atoms with E-state index in [1.165, 1.54) is 16.8 Å². The largest absolute Gasteiger partial charge is 0.271 e. The van der Waals surface area contributed by atoms with Crippen LogP contribution in [0.25, 0.3) is 0 Å². The molecule has 0 spiro atoms. The molecule has 118 valence electrons. The van der Waals surface area contributed by atoms with E-state index in [2.05, 4.69) is 4.99 Å². The van der Waals surface area contributed by atoms with Gasteiger partial charge in [-0.3, -0.25) is 14.6 Å². The molecule has 0 aromatic heterocycles. The molecule has 0 N–H and O–H groups in total. The van der Waals surface area contributed by atoms with Gasteiger partial charge >= 0.3 is 0 Å². The molecule has 1 unspecified atom stereocenters. The maximum Gasteiger partial charge on any atom is 0.266 e. The number of hydrogen-bond acceptors (Lipinski definition) is 4. The maximum absolute atomic E-state index is 12.2. The van der Waals surface area contributed by atoms with Gasteiger partial charge in [-0.05, 0) is 18.1 Å². The summed E-state index contributed by atoms with van der Waals surface area (Å²) < 4.78 is 0. The van der Waals surface area contributed by atoms with Crippen molar-refractivity contribution in [3.63, 3.8) is 0 Å². The number of rotatable bonds is 5. The van der Waals surface area contributed by atoms with Crippen molar-refractivity contribution in [1.29, 1.82) is 0 Å². The Morgan fingerprint density at radius 1 is 1.04 bits per heavy atom. The van der Waals surface area contributed by atoms with Crippen LogP contribution in [0.4, 0.5) is 0 Å². The fourth-order valence-electron chi connectivity index (χ4n) is 2.19. The van der Waals surface area contributed by atoms with Crippen LogP contribution in [0.15, 0.2) is 65.7 Å². The first-order valence-electron chi connectivity index (χ1n) is 7.50. The van der Waals surface area contributed by atoms with Crippen LogP contribution in [0.3, 0.4) is 0 Å². The van der Waals surface area contributed by atoms with E-state index in [9.17, 15) is 4.79 Å². The first kappa shape index (κ1) is 15.8. The SMILES string of the molecule is CC1SC(=NCc2ccccc2)N(OCc2ccccc2)C1=O. The molecule has 0 bridgehead atoms. The minimum Gasteiger partial charge on any atom is -0.271 e. The number of hydrogen-bond donors (Lipinski definition) is 0. The molecule has 1 aliphatic heterocycles. The third-order valence-electron chi connectivity index (χ3n) is 3.45. The highest BCUT2D eigenvalue weighted by molar-refractivity contribution is 8.15. The normalized spacial score (nSPS) is 19.5. The zero-order chi connectivity index (χ0) is 16.1. The lowest BCUT2D eigenvalue weighted by Gasteiger charge is -2.15. The van der Waals surface area contributed by atoms with Gasteiger partial charge in [0.2, 0.25) is 0 Å². The van der Waals surface area contributed by atoms with Crippen molar-refractivity contribution in [2.45, 2.75) is 25.3 Å². The van der Waals surface area contributed by atoms with Crippen LogP contribution < -0.4 is 0 Å². The van der Waals surface area contributed by atoms with Crippen molar-refractivity contribution in [2.75, 3.05) is 0 Å². The van der Waals surface area contributed by atoms with Crippen LogP contribution in [-0.4, -0.2) is 21.4 Å². The highest BCUT2D eigenvalue weighted by Gasteiger charge is 2.36. The van der Waals surface area contributed by atoms with Gasteiger partial charge in [-0.15, -0.1) is 0 Å². The third kappa shape index (κ3) is 4.00. The average molecular weight is 326 g/mol. The minimum absolute atomic E-state index is 0.0576. The Morgan fingerprint density at radius 3 is 2.30 bits per heavy atom. The number of nitrogens with zero attached hydrogens (tertiary/aromatic N) is 2. The Labute approximate surface area is 140 Å². The highest BCUT2D eigenvalue weighted by atomic mass is 32.2. The monoisotopic (exact) mass is 326 g/mol. The molecule has 2 aromatic rings. The second-order valence-corrected chi connectivity index (χ2v) is 6.54. The lowest BCUT2D eigenvalue weighted by molar-refractivity contribution is -0.163. The van der Waals surface area contributed by atoms with Gasteiger partial charge in [-0.2, -0.15) is 5.06 Å². The van der Waals surface area contributed by atoms with E-state index < -0.39 is 0 Å². The van der Waals surface area contributed by atoms with Gasteiger partial charge in [0.1, 0.15) is 6.61 Å². The van der Waals surface area contributed by atoms with Gasteiger partial charge in [-0.1, -0.05) is 72.4 Å². The van der Waals surface area contributed by atoms with Crippen LogP contribution in [0, 0.1) is 0 Å². The molecular formula is C18H18N2O2S. The summed E-state index contributed by atoms with van der Waals surface area (Å²) in [5.41, 5.74) is 2.13. The first-order chi connectivity index (χ1) is 11.2. The molecule has 0 radical (unpaired) electrons. The summed E-state index contributed by atoms with van der Waals surface area (Å²) in [6.07, 6.45) is 0. The number of amidine groups is 1. The highest BCUT2D eigenvalue weighted by Crippen LogP contribution is 2.28. The predicted molar refractivity (Wildman–Crippen MR) is 92.7 cm³/mol. The lowest BCUT2D eigenvalue weighted by Crippen LogP contribution is -2.31. The summed E-state index contributed by atoms with van der Waals surface area (Å²) in [6, 6.07) is 19.8. The van der Waals surface area contributed by atoms with Crippen molar-refractivity contribution in [2.24, 2.45) is 4.99 Å². The molecule has 1 aliphatic rings. The van der Waals surface area contributed by atoms with Crippen molar-refractivity contribution in [1.82, 2.24) is 5.06 Å². The number of thioether (sulfide) groups is 1. The standard InChI is InChI=1S/C18H18N2O2S/c1-14-17(21)20(22-13-16-10-6-3-7-11-16)18(23-14)19-12-15-8-4-2-5-9-15/h2-11,14H,12-13H2,1H3. The molecule has 0 saturated carbocycles.